The molecule has 5 heteroatoms. The molecule has 47 heavy (non-hydrogen) atoms. The third-order valence-corrected chi connectivity index (χ3v) is 8.58. The van der Waals surface area contributed by atoms with E-state index in [0.717, 1.165) is 44.6 Å². The molecular formula is C42H43N2O2Pt-. The Balaban J connectivity index is 0.00000433. The van der Waals surface area contributed by atoms with Crippen molar-refractivity contribution in [2.75, 3.05) is 0 Å². The molecule has 0 saturated carbocycles. The number of benzene rings is 4. The maximum absolute atomic E-state index is 11.0. The van der Waals surface area contributed by atoms with Crippen LogP contribution in [0.15, 0.2) is 95.5 Å². The second-order valence-corrected chi connectivity index (χ2v) is 15.3. The second kappa shape index (κ2) is 12.5. The van der Waals surface area contributed by atoms with E-state index in [0.29, 0.717) is 17.0 Å². The molecule has 2 aromatic heterocycles. The molecule has 0 unspecified atom stereocenters. The van der Waals surface area contributed by atoms with Crippen molar-refractivity contribution in [1.29, 1.82) is 0 Å². The molecule has 0 fully saturated rings. The molecule has 2 heterocycles. The minimum atomic E-state index is -0.187. The van der Waals surface area contributed by atoms with Crippen molar-refractivity contribution < 1.29 is 30.6 Å². The number of hydrogen-bond acceptors (Lipinski definition) is 4. The summed E-state index contributed by atoms with van der Waals surface area (Å²) in [6.07, 6.45) is 1.84. The molecule has 0 aliphatic carbocycles. The van der Waals surface area contributed by atoms with Crippen LogP contribution in [0, 0.1) is 6.07 Å². The Morgan fingerprint density at radius 3 is 1.91 bits per heavy atom. The van der Waals surface area contributed by atoms with Crippen LogP contribution in [0.2, 0.25) is 0 Å². The molecule has 6 aromatic rings. The average Bonchev–Trinajstić information content (AvgIpc) is 3.44. The number of pyridine rings is 1. The van der Waals surface area contributed by atoms with E-state index in [2.05, 4.69) is 105 Å². The van der Waals surface area contributed by atoms with E-state index >= 15 is 0 Å². The van der Waals surface area contributed by atoms with Crippen molar-refractivity contribution in [2.24, 2.45) is 0 Å². The minimum absolute atomic E-state index is 0. The van der Waals surface area contributed by atoms with Crippen molar-refractivity contribution in [1.82, 2.24) is 9.97 Å². The number of fused-ring (bicyclic) bond motifs is 1. The van der Waals surface area contributed by atoms with Crippen LogP contribution < -0.4 is 0 Å². The Morgan fingerprint density at radius 2 is 1.30 bits per heavy atom. The zero-order chi connectivity index (χ0) is 33.0. The number of aromatic nitrogens is 2. The number of hydrogen-bond donors (Lipinski definition) is 1. The molecular weight excluding hydrogens is 760 g/mol. The monoisotopic (exact) mass is 802 g/mol. The zero-order valence-corrected chi connectivity index (χ0v) is 31.0. The van der Waals surface area contributed by atoms with Gasteiger partial charge in [-0.1, -0.05) is 128 Å². The number of phenolic OH excluding ortho intramolecular Hbond substituents is 1. The van der Waals surface area contributed by atoms with Crippen molar-refractivity contribution >= 4 is 11.1 Å². The summed E-state index contributed by atoms with van der Waals surface area (Å²) in [4.78, 5) is 9.87. The number of rotatable bonds is 4. The van der Waals surface area contributed by atoms with Gasteiger partial charge in [0.05, 0.1) is 11.1 Å². The van der Waals surface area contributed by atoms with Crippen LogP contribution in [-0.4, -0.2) is 15.1 Å². The largest absolute Gasteiger partial charge is 0.507 e. The smallest absolute Gasteiger partial charge is 0.230 e. The van der Waals surface area contributed by atoms with E-state index in [1.807, 2.05) is 48.7 Å². The fraction of sp³-hybridized carbons (Fsp3) is 0.286. The Morgan fingerprint density at radius 1 is 0.638 bits per heavy atom. The molecule has 4 aromatic carbocycles. The van der Waals surface area contributed by atoms with Gasteiger partial charge >= 0.3 is 0 Å². The van der Waals surface area contributed by atoms with E-state index in [1.165, 1.54) is 11.1 Å². The Kier molecular flexibility index (Phi) is 9.16. The predicted octanol–water partition coefficient (Wildman–Crippen LogP) is 11.3. The SMILES string of the molecule is CC(C)(C)c1cc(-c2[c-]c(-c3ccccn3)c(C(C)(C)C)cc2C(C)(C)C)c2nc(-c3cc(-c4ccccc4)ccc3O)oc2c1.[Pt]. The van der Waals surface area contributed by atoms with Crippen molar-refractivity contribution in [3.8, 4) is 50.7 Å². The summed E-state index contributed by atoms with van der Waals surface area (Å²) in [5, 5.41) is 11.0. The minimum Gasteiger partial charge on any atom is -0.507 e. The van der Waals surface area contributed by atoms with E-state index in [9.17, 15) is 5.11 Å². The molecule has 0 spiro atoms. The van der Waals surface area contributed by atoms with Crippen LogP contribution in [0.3, 0.4) is 0 Å². The second-order valence-electron chi connectivity index (χ2n) is 15.3. The van der Waals surface area contributed by atoms with Gasteiger partial charge in [-0.15, -0.1) is 28.8 Å². The topological polar surface area (TPSA) is 59.2 Å². The third kappa shape index (κ3) is 6.85. The quantitative estimate of drug-likeness (QED) is 0.180. The van der Waals surface area contributed by atoms with E-state index in [4.69, 9.17) is 14.4 Å². The summed E-state index contributed by atoms with van der Waals surface area (Å²) in [5.74, 6) is 0.504. The summed E-state index contributed by atoms with van der Waals surface area (Å²) in [7, 11) is 0. The first kappa shape index (κ1) is 34.3. The van der Waals surface area contributed by atoms with Gasteiger partial charge in [0.2, 0.25) is 5.89 Å². The Labute approximate surface area is 293 Å². The number of aromatic hydroxyl groups is 1. The fourth-order valence-corrected chi connectivity index (χ4v) is 5.94. The first-order valence-corrected chi connectivity index (χ1v) is 16.0. The third-order valence-electron chi connectivity index (χ3n) is 8.58. The van der Waals surface area contributed by atoms with Crippen molar-refractivity contribution in [3.05, 3.63) is 114 Å². The van der Waals surface area contributed by atoms with Crippen molar-refractivity contribution in [2.45, 2.75) is 78.6 Å². The molecule has 4 nitrogen and oxygen atoms in total. The van der Waals surface area contributed by atoms with E-state index in [1.54, 1.807) is 6.07 Å². The van der Waals surface area contributed by atoms with Crippen LogP contribution in [-0.2, 0) is 37.3 Å². The molecule has 0 aliphatic rings. The standard InChI is InChI=1S/C42H43N2O2.Pt/c1-40(2,3)28-22-30(29-24-31(35-17-13-14-20-43-35)34(42(7,8)9)25-33(29)41(4,5)6)38-37(23-28)46-39(44-38)32-21-27(18-19-36(32)45)26-15-11-10-12-16-26;/h10-23,25,45H,1-9H3;/q-1;. The van der Waals surface area contributed by atoms with Gasteiger partial charge in [-0.3, -0.25) is 4.98 Å². The molecule has 0 amide bonds. The van der Waals surface area contributed by atoms with E-state index in [-0.39, 0.29) is 43.1 Å². The number of nitrogens with zero attached hydrogens (tertiary/aromatic N) is 2. The molecule has 244 valence electrons. The van der Waals surface area contributed by atoms with E-state index < -0.39 is 0 Å². The normalized spacial score (nSPS) is 12.3. The molecule has 0 radical (unpaired) electrons. The first-order chi connectivity index (χ1) is 21.6. The van der Waals surface area contributed by atoms with Gasteiger partial charge < -0.3 is 9.52 Å². The Bertz CT molecular complexity index is 2040. The molecule has 1 N–H and O–H groups in total. The number of oxazole rings is 1. The summed E-state index contributed by atoms with van der Waals surface area (Å²) in [6.45, 7) is 20.1. The maximum atomic E-state index is 11.0. The molecule has 0 bridgehead atoms. The van der Waals surface area contributed by atoms with Crippen LogP contribution in [0.4, 0.5) is 0 Å². The van der Waals surface area contributed by atoms with Gasteiger partial charge in [0.25, 0.3) is 0 Å². The average molecular weight is 803 g/mol. The predicted molar refractivity (Wildman–Crippen MR) is 190 cm³/mol. The van der Waals surface area contributed by atoms with Gasteiger partial charge in [-0.2, -0.15) is 0 Å². The van der Waals surface area contributed by atoms with Crippen LogP contribution in [0.25, 0.3) is 56.1 Å². The van der Waals surface area contributed by atoms with Gasteiger partial charge in [-0.25, -0.2) is 4.98 Å². The maximum Gasteiger partial charge on any atom is 0.230 e. The molecule has 0 aliphatic heterocycles. The summed E-state index contributed by atoms with van der Waals surface area (Å²) < 4.78 is 6.54. The molecule has 0 saturated heterocycles. The van der Waals surface area contributed by atoms with Gasteiger partial charge in [0, 0.05) is 33.0 Å². The fourth-order valence-electron chi connectivity index (χ4n) is 5.94. The number of phenols is 1. The Hall–Kier alpha value is -4.01. The van der Waals surface area contributed by atoms with Crippen LogP contribution >= 0.6 is 0 Å². The van der Waals surface area contributed by atoms with Crippen molar-refractivity contribution in [3.63, 3.8) is 0 Å². The summed E-state index contributed by atoms with van der Waals surface area (Å²) in [5.41, 5.74) is 10.9. The van der Waals surface area contributed by atoms with Gasteiger partial charge in [-0.05, 0) is 57.2 Å². The first-order valence-electron chi connectivity index (χ1n) is 16.0. The summed E-state index contributed by atoms with van der Waals surface area (Å²) >= 11 is 0. The van der Waals surface area contributed by atoms with Gasteiger partial charge in [0.15, 0.2) is 0 Å². The van der Waals surface area contributed by atoms with Gasteiger partial charge in [0.1, 0.15) is 11.3 Å². The molecule has 0 atom stereocenters. The zero-order valence-electron chi connectivity index (χ0n) is 28.7. The molecule has 6 rings (SSSR count). The van der Waals surface area contributed by atoms with Crippen LogP contribution in [0.5, 0.6) is 5.75 Å². The summed E-state index contributed by atoms with van der Waals surface area (Å²) in [6, 6.07) is 32.3. The van der Waals surface area contributed by atoms with Crippen LogP contribution in [0.1, 0.15) is 79.0 Å².